The standard InChI is InChI=1S/C40H50N8O6S2/c1-19(2)33(45-39(51)53-7)37(49)47-17-21(5)9-27(47)35-41-15-25(43-35)31-13-23-11-30-24(12-29(23)55-31)14-32(56-30)26-16-42-36(44-26)28-10-22(6)18-48(28)38(50)34(20(3)4)46-40(52)54-8/h11-16,19-22,27-28,33-34H,9-10,17-18H2,1-8H3,(H,41,43)(H,42,44)(H,45,51)(H,46,52)/t21-,22-,27+,28+,33+,34?/m1/s1. The van der Waals surface area contributed by atoms with Gasteiger partial charge in [0.1, 0.15) is 23.7 Å². The van der Waals surface area contributed by atoms with Crippen molar-refractivity contribution in [3.8, 4) is 21.1 Å². The predicted molar refractivity (Wildman–Crippen MR) is 217 cm³/mol. The van der Waals surface area contributed by atoms with Gasteiger partial charge in [0.25, 0.3) is 0 Å². The van der Waals surface area contributed by atoms with Gasteiger partial charge in [0.05, 0.1) is 59.8 Å². The van der Waals surface area contributed by atoms with Crippen LogP contribution in [0.25, 0.3) is 41.3 Å². The number of imidazole rings is 2. The Morgan fingerprint density at radius 3 is 1.45 bits per heavy atom. The smallest absolute Gasteiger partial charge is 0.407 e. The van der Waals surface area contributed by atoms with Gasteiger partial charge >= 0.3 is 12.2 Å². The first kappa shape index (κ1) is 39.3. The molecule has 16 heteroatoms. The van der Waals surface area contributed by atoms with Crippen molar-refractivity contribution >= 4 is 66.8 Å². The lowest BCUT2D eigenvalue weighted by molar-refractivity contribution is -0.136. The molecule has 6 atom stereocenters. The highest BCUT2D eigenvalue weighted by Crippen LogP contribution is 2.42. The third-order valence-electron chi connectivity index (χ3n) is 10.9. The number of hydrogen-bond donors (Lipinski definition) is 4. The molecule has 1 unspecified atom stereocenters. The fourth-order valence-corrected chi connectivity index (χ4v) is 10.1. The minimum absolute atomic E-state index is 0.113. The number of hydrogen-bond acceptors (Lipinski definition) is 10. The van der Waals surface area contributed by atoms with E-state index < -0.39 is 24.3 Å². The zero-order chi connectivity index (χ0) is 40.0. The minimum Gasteiger partial charge on any atom is -0.453 e. The monoisotopic (exact) mass is 802 g/mol. The number of likely N-dealkylation sites (tertiary alicyclic amines) is 2. The van der Waals surface area contributed by atoms with E-state index in [9.17, 15) is 19.2 Å². The van der Waals surface area contributed by atoms with E-state index >= 15 is 0 Å². The number of benzene rings is 1. The van der Waals surface area contributed by atoms with Crippen molar-refractivity contribution in [3.05, 3.63) is 48.3 Å². The van der Waals surface area contributed by atoms with Gasteiger partial charge < -0.3 is 39.9 Å². The second kappa shape index (κ2) is 15.9. The lowest BCUT2D eigenvalue weighted by Crippen LogP contribution is -2.51. The Bertz CT molecular complexity index is 2050. The quantitative estimate of drug-likeness (QED) is 0.112. The summed E-state index contributed by atoms with van der Waals surface area (Å²) in [4.78, 5) is 73.9. The molecule has 6 heterocycles. The highest BCUT2D eigenvalue weighted by Gasteiger charge is 2.41. The van der Waals surface area contributed by atoms with E-state index in [1.54, 1.807) is 22.7 Å². The molecule has 0 bridgehead atoms. The molecule has 0 spiro atoms. The number of nitrogens with one attached hydrogen (secondary N) is 4. The Labute approximate surface area is 333 Å². The van der Waals surface area contributed by atoms with Gasteiger partial charge in [0.2, 0.25) is 11.8 Å². The average molecular weight is 803 g/mol. The van der Waals surface area contributed by atoms with Crippen LogP contribution in [0.4, 0.5) is 9.59 Å². The van der Waals surface area contributed by atoms with Crippen LogP contribution < -0.4 is 10.6 Å². The Hall–Kier alpha value is -4.96. The predicted octanol–water partition coefficient (Wildman–Crippen LogP) is 7.48. The van der Waals surface area contributed by atoms with E-state index in [-0.39, 0.29) is 47.6 Å². The topological polar surface area (TPSA) is 175 Å². The summed E-state index contributed by atoms with van der Waals surface area (Å²) < 4.78 is 11.9. The summed E-state index contributed by atoms with van der Waals surface area (Å²) in [6.45, 7) is 13.0. The van der Waals surface area contributed by atoms with Crippen LogP contribution in [0.5, 0.6) is 0 Å². The van der Waals surface area contributed by atoms with Crippen molar-refractivity contribution in [1.82, 2.24) is 40.4 Å². The third kappa shape index (κ3) is 7.73. The first-order valence-corrected chi connectivity index (χ1v) is 20.7. The van der Waals surface area contributed by atoms with Crippen molar-refractivity contribution in [3.63, 3.8) is 0 Å². The Morgan fingerprint density at radius 2 is 1.09 bits per heavy atom. The van der Waals surface area contributed by atoms with Gasteiger partial charge in [0, 0.05) is 22.5 Å². The highest BCUT2D eigenvalue weighted by atomic mass is 32.1. The molecule has 4 amide bonds. The Balaban J connectivity index is 1.09. The maximum absolute atomic E-state index is 13.7. The van der Waals surface area contributed by atoms with E-state index in [4.69, 9.17) is 19.4 Å². The summed E-state index contributed by atoms with van der Waals surface area (Å²) >= 11 is 3.37. The van der Waals surface area contributed by atoms with Crippen LogP contribution in [0.1, 0.15) is 78.1 Å². The summed E-state index contributed by atoms with van der Waals surface area (Å²) in [6, 6.07) is 6.92. The number of alkyl carbamates (subject to hydrolysis) is 2. The van der Waals surface area contributed by atoms with Gasteiger partial charge in [-0.2, -0.15) is 0 Å². The molecular weight excluding hydrogens is 753 g/mol. The SMILES string of the molecule is COC(=O)NC(C(=O)N1C[C@H](C)C[C@H]1c1ncc(-c2cc3cc4sc(-c5cnc([C@@H]6C[C@@H](C)CN6C(=O)[C@@H](NC(=O)OC)C(C)C)[nH]5)cc4cc3s2)[nH]1)C(C)C. The van der Waals surface area contributed by atoms with Gasteiger partial charge in [-0.3, -0.25) is 9.59 Å². The molecule has 7 rings (SSSR count). The molecule has 0 aliphatic carbocycles. The van der Waals surface area contributed by atoms with E-state index in [0.717, 1.165) is 65.8 Å². The molecule has 1 aromatic carbocycles. The first-order valence-electron chi connectivity index (χ1n) is 19.1. The molecule has 4 aromatic heterocycles. The number of thiophene rings is 2. The van der Waals surface area contributed by atoms with Crippen LogP contribution in [-0.4, -0.2) is 93.1 Å². The summed E-state index contributed by atoms with van der Waals surface area (Å²) in [6.07, 6.45) is 3.98. The van der Waals surface area contributed by atoms with Crippen LogP contribution in [0.2, 0.25) is 0 Å². The number of rotatable bonds is 10. The van der Waals surface area contributed by atoms with Gasteiger partial charge in [-0.05, 0) is 71.6 Å². The molecule has 298 valence electrons. The van der Waals surface area contributed by atoms with Gasteiger partial charge in [0.15, 0.2) is 0 Å². The van der Waals surface area contributed by atoms with Crippen LogP contribution in [0, 0.1) is 23.7 Å². The van der Waals surface area contributed by atoms with Crippen LogP contribution in [0.3, 0.4) is 0 Å². The zero-order valence-corrected chi connectivity index (χ0v) is 34.6. The van der Waals surface area contributed by atoms with Crippen molar-refractivity contribution in [1.29, 1.82) is 0 Å². The first-order chi connectivity index (χ1) is 26.7. The van der Waals surface area contributed by atoms with Gasteiger partial charge in [-0.15, -0.1) is 22.7 Å². The van der Waals surface area contributed by atoms with E-state index in [1.165, 1.54) is 14.2 Å². The maximum Gasteiger partial charge on any atom is 0.407 e. The number of H-pyrrole nitrogens is 2. The number of fused-ring (bicyclic) bond motifs is 2. The number of amides is 4. The average Bonchev–Trinajstić information content (AvgIpc) is 4.01. The summed E-state index contributed by atoms with van der Waals surface area (Å²) in [7, 11) is 2.59. The largest absolute Gasteiger partial charge is 0.453 e. The zero-order valence-electron chi connectivity index (χ0n) is 33.0. The van der Waals surface area contributed by atoms with Crippen molar-refractivity contribution < 1.29 is 28.7 Å². The molecular formula is C40H50N8O6S2. The van der Waals surface area contributed by atoms with Crippen LogP contribution in [0.15, 0.2) is 36.7 Å². The molecule has 14 nitrogen and oxygen atoms in total. The van der Waals surface area contributed by atoms with Crippen molar-refractivity contribution in [2.75, 3.05) is 27.3 Å². The molecule has 56 heavy (non-hydrogen) atoms. The Kier molecular flexibility index (Phi) is 11.1. The number of ether oxygens (including phenoxy) is 2. The van der Waals surface area contributed by atoms with E-state index in [0.29, 0.717) is 13.1 Å². The lowest BCUT2D eigenvalue weighted by Gasteiger charge is -2.30. The van der Waals surface area contributed by atoms with E-state index in [1.807, 2.05) is 49.9 Å². The molecule has 2 fully saturated rings. The molecule has 0 radical (unpaired) electrons. The summed E-state index contributed by atoms with van der Waals surface area (Å²) in [5.74, 6) is 1.53. The molecule has 4 N–H and O–H groups in total. The second-order valence-corrected chi connectivity index (χ2v) is 18.1. The van der Waals surface area contributed by atoms with Crippen molar-refractivity contribution in [2.24, 2.45) is 23.7 Å². The number of aromatic nitrogens is 4. The number of carbonyl (C=O) groups excluding carboxylic acids is 4. The number of aromatic amines is 2. The second-order valence-electron chi connectivity index (χ2n) is 15.9. The molecule has 5 aromatic rings. The number of methoxy groups -OCH3 is 2. The number of nitrogens with zero attached hydrogens (tertiary/aromatic N) is 4. The fraction of sp³-hybridized carbons (Fsp3) is 0.500. The van der Waals surface area contributed by atoms with Gasteiger partial charge in [-0.1, -0.05) is 41.5 Å². The fourth-order valence-electron chi connectivity index (χ4n) is 7.95. The molecule has 2 aliphatic heterocycles. The lowest BCUT2D eigenvalue weighted by atomic mass is 10.0. The minimum atomic E-state index is -0.699. The van der Waals surface area contributed by atoms with Crippen LogP contribution >= 0.6 is 22.7 Å². The molecule has 0 saturated carbocycles. The highest BCUT2D eigenvalue weighted by molar-refractivity contribution is 7.23. The molecule has 2 aliphatic rings. The summed E-state index contributed by atoms with van der Waals surface area (Å²) in [5, 5.41) is 7.69. The van der Waals surface area contributed by atoms with E-state index in [2.05, 4.69) is 58.7 Å². The normalized spacial score (nSPS) is 21.0. The summed E-state index contributed by atoms with van der Waals surface area (Å²) in [5.41, 5.74) is 1.79. The third-order valence-corrected chi connectivity index (χ3v) is 13.1. The van der Waals surface area contributed by atoms with Crippen molar-refractivity contribution in [2.45, 2.75) is 78.6 Å². The van der Waals surface area contributed by atoms with Crippen LogP contribution in [-0.2, 0) is 19.1 Å². The van der Waals surface area contributed by atoms with Gasteiger partial charge in [-0.25, -0.2) is 19.6 Å². The molecule has 2 saturated heterocycles. The number of carbonyl (C=O) groups is 4. The maximum atomic E-state index is 13.7. The Morgan fingerprint density at radius 1 is 0.696 bits per heavy atom.